The summed E-state index contributed by atoms with van der Waals surface area (Å²) >= 11 is 0. The van der Waals surface area contributed by atoms with Crippen LogP contribution in [0.1, 0.15) is 30.6 Å². The number of carbonyl (C=O) groups is 1. The molecule has 0 aromatic heterocycles. The topological polar surface area (TPSA) is 89.7 Å². The van der Waals surface area contributed by atoms with Crippen LogP contribution in [0.25, 0.3) is 0 Å². The average Bonchev–Trinajstić information content (AvgIpc) is 2.78. The summed E-state index contributed by atoms with van der Waals surface area (Å²) in [5.74, 6) is -0.548. The summed E-state index contributed by atoms with van der Waals surface area (Å²) in [6.07, 6.45) is 0.812. The minimum atomic E-state index is -3.63. The second kappa shape index (κ2) is 5.31. The van der Waals surface area contributed by atoms with Crippen molar-refractivity contribution in [3.05, 3.63) is 23.8 Å². The van der Waals surface area contributed by atoms with Crippen LogP contribution in [0.5, 0.6) is 0 Å². The molecule has 2 N–H and O–H groups in total. The molecule has 0 radical (unpaired) electrons. The lowest BCUT2D eigenvalue weighted by Gasteiger charge is -2.20. The number of nitrogens with zero attached hydrogens (tertiary/aromatic N) is 1. The van der Waals surface area contributed by atoms with Crippen molar-refractivity contribution in [2.75, 3.05) is 25.9 Å². The van der Waals surface area contributed by atoms with Gasteiger partial charge in [0.05, 0.1) is 18.4 Å². The lowest BCUT2D eigenvalue weighted by atomic mass is 9.93. The van der Waals surface area contributed by atoms with E-state index >= 15 is 0 Å². The van der Waals surface area contributed by atoms with E-state index in [2.05, 4.69) is 4.74 Å². The van der Waals surface area contributed by atoms with Gasteiger partial charge in [0.15, 0.2) is 0 Å². The number of sulfonamides is 1. The zero-order chi connectivity index (χ0) is 15.8. The predicted octanol–water partition coefficient (Wildman–Crippen LogP) is 1.48. The van der Waals surface area contributed by atoms with Crippen molar-refractivity contribution >= 4 is 21.7 Å². The number of hydrogen-bond donors (Lipinski definition) is 1. The van der Waals surface area contributed by atoms with E-state index in [1.165, 1.54) is 29.6 Å². The summed E-state index contributed by atoms with van der Waals surface area (Å²) in [6.45, 7) is 5.01. The highest BCUT2D eigenvalue weighted by Gasteiger charge is 2.37. The van der Waals surface area contributed by atoms with Gasteiger partial charge in [0, 0.05) is 13.1 Å². The van der Waals surface area contributed by atoms with E-state index < -0.39 is 16.0 Å². The number of ether oxygens (including phenoxy) is 1. The lowest BCUT2D eigenvalue weighted by molar-refractivity contribution is 0.0600. The van der Waals surface area contributed by atoms with E-state index in [-0.39, 0.29) is 21.6 Å². The summed E-state index contributed by atoms with van der Waals surface area (Å²) in [4.78, 5) is 11.5. The maximum atomic E-state index is 12.6. The van der Waals surface area contributed by atoms with Gasteiger partial charge in [0.25, 0.3) is 0 Å². The first-order chi connectivity index (χ1) is 9.67. The normalized spacial score (nSPS) is 18.6. The highest BCUT2D eigenvalue weighted by Crippen LogP contribution is 2.34. The van der Waals surface area contributed by atoms with E-state index in [0.29, 0.717) is 13.1 Å². The number of esters is 1. The van der Waals surface area contributed by atoms with Crippen molar-refractivity contribution < 1.29 is 17.9 Å². The van der Waals surface area contributed by atoms with Crippen molar-refractivity contribution in [2.45, 2.75) is 25.2 Å². The minimum absolute atomic E-state index is 0.0339. The monoisotopic (exact) mass is 312 g/mol. The van der Waals surface area contributed by atoms with Gasteiger partial charge < -0.3 is 10.5 Å². The van der Waals surface area contributed by atoms with Gasteiger partial charge in [-0.3, -0.25) is 0 Å². The Bertz CT molecular complexity index is 668. The van der Waals surface area contributed by atoms with E-state index in [1.807, 2.05) is 13.8 Å². The van der Waals surface area contributed by atoms with Crippen LogP contribution in [-0.2, 0) is 14.8 Å². The number of nitrogen functional groups attached to an aromatic ring is 1. The quantitative estimate of drug-likeness (QED) is 0.674. The molecule has 0 bridgehead atoms. The fourth-order valence-electron chi connectivity index (χ4n) is 2.44. The molecule has 1 aromatic rings. The Morgan fingerprint density at radius 1 is 1.38 bits per heavy atom. The minimum Gasteiger partial charge on any atom is -0.465 e. The fourth-order valence-corrected chi connectivity index (χ4v) is 4.16. The Kier molecular flexibility index (Phi) is 3.99. The number of methoxy groups -OCH3 is 1. The second-order valence-electron chi connectivity index (χ2n) is 6.00. The van der Waals surface area contributed by atoms with E-state index in [0.717, 1.165) is 6.42 Å². The van der Waals surface area contributed by atoms with Crippen LogP contribution in [0.2, 0.25) is 0 Å². The van der Waals surface area contributed by atoms with Crippen LogP contribution in [0.4, 0.5) is 5.69 Å². The SMILES string of the molecule is COC(=O)c1ccc(S(=O)(=O)N2CCC(C)(C)C2)c(N)c1. The highest BCUT2D eigenvalue weighted by atomic mass is 32.2. The largest absolute Gasteiger partial charge is 0.465 e. The average molecular weight is 312 g/mol. The van der Waals surface area contributed by atoms with Crippen molar-refractivity contribution in [3.8, 4) is 0 Å². The fraction of sp³-hybridized carbons (Fsp3) is 0.500. The molecule has 1 saturated heterocycles. The first-order valence-electron chi connectivity index (χ1n) is 6.65. The van der Waals surface area contributed by atoms with E-state index in [4.69, 9.17) is 5.73 Å². The Balaban J connectivity index is 2.35. The van der Waals surface area contributed by atoms with Crippen molar-refractivity contribution in [1.29, 1.82) is 0 Å². The Hall–Kier alpha value is -1.60. The van der Waals surface area contributed by atoms with Gasteiger partial charge in [-0.1, -0.05) is 13.8 Å². The molecule has 7 heteroatoms. The van der Waals surface area contributed by atoms with Gasteiger partial charge in [-0.15, -0.1) is 0 Å². The first kappa shape index (κ1) is 15.8. The zero-order valence-corrected chi connectivity index (χ0v) is 13.2. The molecule has 1 fully saturated rings. The third-order valence-corrected chi connectivity index (χ3v) is 5.61. The van der Waals surface area contributed by atoms with Crippen LogP contribution in [0.3, 0.4) is 0 Å². The molecule has 21 heavy (non-hydrogen) atoms. The molecule has 6 nitrogen and oxygen atoms in total. The Morgan fingerprint density at radius 3 is 2.52 bits per heavy atom. The zero-order valence-electron chi connectivity index (χ0n) is 12.4. The van der Waals surface area contributed by atoms with Crippen LogP contribution in [0.15, 0.2) is 23.1 Å². The van der Waals surface area contributed by atoms with Gasteiger partial charge in [0.1, 0.15) is 4.90 Å². The van der Waals surface area contributed by atoms with Crippen LogP contribution < -0.4 is 5.73 Å². The summed E-state index contributed by atoms with van der Waals surface area (Å²) in [6, 6.07) is 4.11. The molecule has 1 aliphatic heterocycles. The van der Waals surface area contributed by atoms with Gasteiger partial charge in [-0.2, -0.15) is 4.31 Å². The van der Waals surface area contributed by atoms with Gasteiger partial charge >= 0.3 is 5.97 Å². The van der Waals surface area contributed by atoms with E-state index in [1.54, 1.807) is 0 Å². The van der Waals surface area contributed by atoms with Crippen molar-refractivity contribution in [3.63, 3.8) is 0 Å². The Labute approximate surface area is 124 Å². The summed E-state index contributed by atoms with van der Waals surface area (Å²) in [5.41, 5.74) is 6.08. The van der Waals surface area contributed by atoms with E-state index in [9.17, 15) is 13.2 Å². The number of rotatable bonds is 3. The smallest absolute Gasteiger partial charge is 0.337 e. The number of carbonyl (C=O) groups excluding carboxylic acids is 1. The van der Waals surface area contributed by atoms with Crippen molar-refractivity contribution in [2.24, 2.45) is 5.41 Å². The number of nitrogens with two attached hydrogens (primary N) is 1. The molecule has 0 atom stereocenters. The predicted molar refractivity (Wildman–Crippen MR) is 79.4 cm³/mol. The molecule has 0 unspecified atom stereocenters. The van der Waals surface area contributed by atoms with Gasteiger partial charge in [-0.25, -0.2) is 13.2 Å². The maximum absolute atomic E-state index is 12.6. The molecule has 0 amide bonds. The molecule has 0 spiro atoms. The molecule has 1 aliphatic rings. The molecule has 0 saturated carbocycles. The molecular formula is C14H20N2O4S. The van der Waals surface area contributed by atoms with Gasteiger partial charge in [0.2, 0.25) is 10.0 Å². The second-order valence-corrected chi connectivity index (χ2v) is 7.90. The summed E-state index contributed by atoms with van der Waals surface area (Å²) in [7, 11) is -2.37. The first-order valence-corrected chi connectivity index (χ1v) is 8.09. The standard InChI is InChI=1S/C14H20N2O4S/c1-14(2)6-7-16(9-14)21(18,19)12-5-4-10(8-11(12)15)13(17)20-3/h4-5,8H,6-7,9,15H2,1-3H3. The molecule has 1 aromatic carbocycles. The Morgan fingerprint density at radius 2 is 2.05 bits per heavy atom. The van der Waals surface area contributed by atoms with Gasteiger partial charge in [-0.05, 0) is 30.0 Å². The van der Waals surface area contributed by atoms with Crippen LogP contribution >= 0.6 is 0 Å². The summed E-state index contributed by atoms with van der Waals surface area (Å²) in [5, 5.41) is 0. The molecule has 1 heterocycles. The van der Waals surface area contributed by atoms with Crippen LogP contribution in [0, 0.1) is 5.41 Å². The lowest BCUT2D eigenvalue weighted by Crippen LogP contribution is -2.31. The third kappa shape index (κ3) is 3.03. The molecule has 116 valence electrons. The number of anilines is 1. The molecule has 0 aliphatic carbocycles. The highest BCUT2D eigenvalue weighted by molar-refractivity contribution is 7.89. The van der Waals surface area contributed by atoms with Crippen molar-refractivity contribution in [1.82, 2.24) is 4.31 Å². The molecule has 2 rings (SSSR count). The molecular weight excluding hydrogens is 292 g/mol. The number of benzene rings is 1. The van der Waals surface area contributed by atoms with Crippen LogP contribution in [-0.4, -0.2) is 38.9 Å². The maximum Gasteiger partial charge on any atom is 0.337 e. The summed E-state index contributed by atoms with van der Waals surface area (Å²) < 4.78 is 31.3. The number of hydrogen-bond acceptors (Lipinski definition) is 5. The third-order valence-electron chi connectivity index (χ3n) is 3.69.